The van der Waals surface area contributed by atoms with Crippen molar-refractivity contribution in [2.45, 2.75) is 44.1 Å². The van der Waals surface area contributed by atoms with E-state index in [4.69, 9.17) is 10.5 Å². The standard InChI is InChI=1S/C24H23N5O3/c25-23(31)19-12-21(27-18-2-1-3-20(18)30)29-24(28-19)15-6-9-17(10-7-15)32-22-11-8-16(13-26-22)14-4-5-14/h6-14,18H,1-5H2,(H2,25,31)(H,27,28,29)/t18-/m0/s1. The molecule has 1 atom stereocenters. The van der Waals surface area contributed by atoms with Crippen LogP contribution in [0.2, 0.25) is 0 Å². The smallest absolute Gasteiger partial charge is 0.267 e. The van der Waals surface area contributed by atoms with Gasteiger partial charge in [-0.25, -0.2) is 15.0 Å². The molecular formula is C24H23N5O3. The van der Waals surface area contributed by atoms with Crippen LogP contribution < -0.4 is 15.8 Å². The molecule has 5 rings (SSSR count). The Balaban J connectivity index is 1.35. The van der Waals surface area contributed by atoms with Crippen molar-refractivity contribution in [1.29, 1.82) is 0 Å². The van der Waals surface area contributed by atoms with Crippen LogP contribution in [0.15, 0.2) is 48.7 Å². The zero-order valence-corrected chi connectivity index (χ0v) is 17.5. The normalized spacial score (nSPS) is 17.9. The van der Waals surface area contributed by atoms with Crippen molar-refractivity contribution in [1.82, 2.24) is 15.0 Å². The molecule has 162 valence electrons. The highest BCUT2D eigenvalue weighted by molar-refractivity contribution is 5.92. The van der Waals surface area contributed by atoms with Gasteiger partial charge in [-0.3, -0.25) is 9.59 Å². The molecule has 0 bridgehead atoms. The third kappa shape index (κ3) is 4.44. The number of rotatable bonds is 7. The number of pyridine rings is 1. The number of Topliss-reactive ketones (excluding diaryl/α,β-unsaturated/α-hetero) is 1. The highest BCUT2D eigenvalue weighted by Gasteiger charge is 2.25. The van der Waals surface area contributed by atoms with Crippen molar-refractivity contribution in [2.24, 2.45) is 5.73 Å². The predicted octanol–water partition coefficient (Wildman–Crippen LogP) is 3.84. The number of hydrogen-bond acceptors (Lipinski definition) is 7. The van der Waals surface area contributed by atoms with E-state index in [-0.39, 0.29) is 17.5 Å². The number of carbonyl (C=O) groups is 2. The summed E-state index contributed by atoms with van der Waals surface area (Å²) < 4.78 is 5.83. The maximum atomic E-state index is 12.0. The molecule has 1 amide bonds. The number of anilines is 1. The van der Waals surface area contributed by atoms with Gasteiger partial charge in [0.15, 0.2) is 11.6 Å². The highest BCUT2D eigenvalue weighted by atomic mass is 16.5. The Morgan fingerprint density at radius 2 is 1.88 bits per heavy atom. The van der Waals surface area contributed by atoms with Gasteiger partial charge in [-0.15, -0.1) is 0 Å². The quantitative estimate of drug-likeness (QED) is 0.585. The van der Waals surface area contributed by atoms with E-state index < -0.39 is 5.91 Å². The number of amides is 1. The van der Waals surface area contributed by atoms with Gasteiger partial charge in [0, 0.05) is 30.3 Å². The van der Waals surface area contributed by atoms with E-state index in [1.807, 2.05) is 12.3 Å². The van der Waals surface area contributed by atoms with Crippen LogP contribution in [0.1, 0.15) is 54.1 Å². The average Bonchev–Trinajstić information content (AvgIpc) is 3.58. The number of nitrogens with one attached hydrogen (secondary N) is 1. The van der Waals surface area contributed by atoms with Crippen LogP contribution in [0.25, 0.3) is 11.4 Å². The minimum atomic E-state index is -0.657. The monoisotopic (exact) mass is 429 g/mol. The summed E-state index contributed by atoms with van der Waals surface area (Å²) in [5.74, 6) is 2.04. The molecule has 2 aliphatic rings. The van der Waals surface area contributed by atoms with Crippen LogP contribution in [-0.2, 0) is 4.79 Å². The Morgan fingerprint density at radius 1 is 1.06 bits per heavy atom. The molecule has 8 nitrogen and oxygen atoms in total. The van der Waals surface area contributed by atoms with Gasteiger partial charge >= 0.3 is 0 Å². The number of ether oxygens (including phenoxy) is 1. The van der Waals surface area contributed by atoms with Crippen molar-refractivity contribution in [3.8, 4) is 23.0 Å². The van der Waals surface area contributed by atoms with Crippen LogP contribution in [-0.4, -0.2) is 32.7 Å². The zero-order valence-electron chi connectivity index (χ0n) is 17.5. The lowest BCUT2D eigenvalue weighted by Crippen LogP contribution is -2.25. The summed E-state index contributed by atoms with van der Waals surface area (Å²) in [5, 5.41) is 3.12. The minimum absolute atomic E-state index is 0.0863. The summed E-state index contributed by atoms with van der Waals surface area (Å²) in [5.41, 5.74) is 7.49. The minimum Gasteiger partial charge on any atom is -0.439 e. The van der Waals surface area contributed by atoms with E-state index in [1.54, 1.807) is 24.3 Å². The van der Waals surface area contributed by atoms with Crippen molar-refractivity contribution in [3.63, 3.8) is 0 Å². The molecule has 2 fully saturated rings. The molecule has 2 heterocycles. The molecule has 2 saturated carbocycles. The number of aromatic nitrogens is 3. The van der Waals surface area contributed by atoms with Gasteiger partial charge in [-0.2, -0.15) is 0 Å². The van der Waals surface area contributed by atoms with Crippen molar-refractivity contribution in [2.75, 3.05) is 5.32 Å². The first-order valence-electron chi connectivity index (χ1n) is 10.8. The summed E-state index contributed by atoms with van der Waals surface area (Å²) in [6.07, 6.45) is 6.47. The molecule has 3 N–H and O–H groups in total. The average molecular weight is 429 g/mol. The van der Waals surface area contributed by atoms with E-state index in [2.05, 4.69) is 26.3 Å². The maximum absolute atomic E-state index is 12.0. The van der Waals surface area contributed by atoms with E-state index in [0.29, 0.717) is 41.2 Å². The van der Waals surface area contributed by atoms with Gasteiger partial charge in [0.05, 0.1) is 6.04 Å². The lowest BCUT2D eigenvalue weighted by atomic mass is 10.2. The van der Waals surface area contributed by atoms with E-state index in [9.17, 15) is 9.59 Å². The molecule has 1 aromatic carbocycles. The fourth-order valence-corrected chi connectivity index (χ4v) is 3.83. The number of nitrogens with two attached hydrogens (primary N) is 1. The molecule has 32 heavy (non-hydrogen) atoms. The highest BCUT2D eigenvalue weighted by Crippen LogP contribution is 2.40. The fraction of sp³-hybridized carbons (Fsp3) is 0.292. The topological polar surface area (TPSA) is 120 Å². The number of primary amides is 1. The molecular weight excluding hydrogens is 406 g/mol. The lowest BCUT2D eigenvalue weighted by molar-refractivity contribution is -0.118. The van der Waals surface area contributed by atoms with Crippen molar-refractivity contribution >= 4 is 17.5 Å². The number of ketones is 1. The van der Waals surface area contributed by atoms with Gasteiger partial charge < -0.3 is 15.8 Å². The van der Waals surface area contributed by atoms with Crippen LogP contribution in [0.5, 0.6) is 11.6 Å². The predicted molar refractivity (Wildman–Crippen MR) is 119 cm³/mol. The van der Waals surface area contributed by atoms with Crippen LogP contribution in [0.4, 0.5) is 5.82 Å². The second-order valence-electron chi connectivity index (χ2n) is 8.21. The number of carbonyl (C=O) groups excluding carboxylic acids is 2. The summed E-state index contributed by atoms with van der Waals surface area (Å²) in [6.45, 7) is 0. The summed E-state index contributed by atoms with van der Waals surface area (Å²) >= 11 is 0. The third-order valence-electron chi connectivity index (χ3n) is 5.75. The first kappa shape index (κ1) is 20.1. The Kier molecular flexibility index (Phi) is 5.26. The van der Waals surface area contributed by atoms with E-state index in [1.165, 1.54) is 24.5 Å². The SMILES string of the molecule is NC(=O)c1cc(N[C@H]2CCCC2=O)nc(-c2ccc(Oc3ccc(C4CC4)cn3)cc2)n1. The summed E-state index contributed by atoms with van der Waals surface area (Å²) in [7, 11) is 0. The second kappa shape index (κ2) is 8.37. The van der Waals surface area contributed by atoms with E-state index in [0.717, 1.165) is 12.8 Å². The largest absolute Gasteiger partial charge is 0.439 e. The Bertz CT molecular complexity index is 1160. The fourth-order valence-electron chi connectivity index (χ4n) is 3.83. The van der Waals surface area contributed by atoms with Crippen LogP contribution >= 0.6 is 0 Å². The molecule has 0 saturated heterocycles. The number of benzene rings is 1. The van der Waals surface area contributed by atoms with E-state index >= 15 is 0 Å². The first-order chi connectivity index (χ1) is 15.5. The molecule has 0 aliphatic heterocycles. The summed E-state index contributed by atoms with van der Waals surface area (Å²) in [4.78, 5) is 36.9. The van der Waals surface area contributed by atoms with Crippen molar-refractivity contribution < 1.29 is 14.3 Å². The van der Waals surface area contributed by atoms with Gasteiger partial charge in [0.1, 0.15) is 17.3 Å². The second-order valence-corrected chi connectivity index (χ2v) is 8.21. The van der Waals surface area contributed by atoms with Gasteiger partial charge in [0.2, 0.25) is 5.88 Å². The zero-order chi connectivity index (χ0) is 22.1. The Hall–Kier alpha value is -3.81. The van der Waals surface area contributed by atoms with Crippen LogP contribution in [0.3, 0.4) is 0 Å². The molecule has 3 aromatic rings. The Labute approximate surface area is 185 Å². The van der Waals surface area contributed by atoms with Gasteiger partial charge in [0.25, 0.3) is 5.91 Å². The Morgan fingerprint density at radius 3 is 2.50 bits per heavy atom. The summed E-state index contributed by atoms with van der Waals surface area (Å²) in [6, 6.07) is 12.3. The maximum Gasteiger partial charge on any atom is 0.267 e. The molecule has 0 unspecified atom stereocenters. The third-order valence-corrected chi connectivity index (χ3v) is 5.75. The molecule has 8 heteroatoms. The van der Waals surface area contributed by atoms with Crippen molar-refractivity contribution in [3.05, 3.63) is 59.9 Å². The molecule has 2 aliphatic carbocycles. The van der Waals surface area contributed by atoms with Gasteiger partial charge in [-0.05, 0) is 61.4 Å². The molecule has 0 radical (unpaired) electrons. The lowest BCUT2D eigenvalue weighted by Gasteiger charge is -2.13. The van der Waals surface area contributed by atoms with Crippen LogP contribution in [0, 0.1) is 0 Å². The molecule has 2 aromatic heterocycles. The van der Waals surface area contributed by atoms with Gasteiger partial charge in [-0.1, -0.05) is 6.07 Å². The number of nitrogens with zero attached hydrogens (tertiary/aromatic N) is 3. The molecule has 0 spiro atoms. The number of hydrogen-bond donors (Lipinski definition) is 2. The first-order valence-corrected chi connectivity index (χ1v) is 10.8.